The van der Waals surface area contributed by atoms with Crippen molar-refractivity contribution in [1.29, 1.82) is 0 Å². The van der Waals surface area contributed by atoms with E-state index in [1.165, 1.54) is 38.4 Å². The molecule has 1 saturated heterocycles. The molecule has 1 aliphatic rings. The molecule has 1 fully saturated rings. The maximum Gasteiger partial charge on any atom is 0.248 e. The van der Waals surface area contributed by atoms with Crippen molar-refractivity contribution in [3.05, 3.63) is 59.7 Å². The number of anilines is 3. The van der Waals surface area contributed by atoms with Crippen molar-refractivity contribution in [3.8, 4) is 5.75 Å². The zero-order chi connectivity index (χ0) is 24.1. The summed E-state index contributed by atoms with van der Waals surface area (Å²) < 4.78 is 19.0. The summed E-state index contributed by atoms with van der Waals surface area (Å²) in [5.74, 6) is 0.985. The minimum Gasteiger partial charge on any atom is -0.494 e. The van der Waals surface area contributed by atoms with Crippen LogP contribution in [0.25, 0.3) is 10.9 Å². The van der Waals surface area contributed by atoms with Crippen molar-refractivity contribution in [1.82, 2.24) is 14.9 Å². The number of aromatic nitrogens is 2. The van der Waals surface area contributed by atoms with Gasteiger partial charge >= 0.3 is 0 Å². The molecule has 2 N–H and O–H groups in total. The van der Waals surface area contributed by atoms with E-state index in [0.29, 0.717) is 33.8 Å². The number of hydrogen-bond acceptors (Lipinski definition) is 6. The summed E-state index contributed by atoms with van der Waals surface area (Å²) in [5.41, 5.74) is 1.68. The predicted molar refractivity (Wildman–Crippen MR) is 133 cm³/mol. The number of likely N-dealkylation sites (tertiary alicyclic amines) is 1. The molecule has 0 atom stereocenters. The van der Waals surface area contributed by atoms with Crippen LogP contribution in [-0.2, 0) is 4.79 Å². The topological polar surface area (TPSA) is 79.4 Å². The summed E-state index contributed by atoms with van der Waals surface area (Å²) in [6, 6.07) is 7.80. The molecule has 2 heterocycles. The highest BCUT2D eigenvalue weighted by Gasteiger charge is 2.15. The van der Waals surface area contributed by atoms with Crippen LogP contribution in [0.3, 0.4) is 0 Å². The SMILES string of the molecule is COc1cc2ncnc(Nc3ccc(F)c(Cl)c3)c2cc1NC(=O)/C=C/CN1CCC(C)CC1. The van der Waals surface area contributed by atoms with Gasteiger partial charge in [0.15, 0.2) is 0 Å². The van der Waals surface area contributed by atoms with E-state index in [-0.39, 0.29) is 10.9 Å². The molecule has 0 saturated carbocycles. The Morgan fingerprint density at radius 2 is 2.06 bits per heavy atom. The van der Waals surface area contributed by atoms with Crippen LogP contribution < -0.4 is 15.4 Å². The molecule has 3 aromatic rings. The average molecular weight is 484 g/mol. The van der Waals surface area contributed by atoms with Crippen LogP contribution in [0.1, 0.15) is 19.8 Å². The summed E-state index contributed by atoms with van der Waals surface area (Å²) in [6.45, 7) is 5.14. The summed E-state index contributed by atoms with van der Waals surface area (Å²) >= 11 is 5.90. The Balaban J connectivity index is 1.52. The van der Waals surface area contributed by atoms with Gasteiger partial charge in [0, 0.05) is 29.8 Å². The summed E-state index contributed by atoms with van der Waals surface area (Å²) in [4.78, 5) is 23.5. The fraction of sp³-hybridized carbons (Fsp3) is 0.320. The Kier molecular flexibility index (Phi) is 7.59. The van der Waals surface area contributed by atoms with Gasteiger partial charge in [-0.05, 0) is 56.1 Å². The summed E-state index contributed by atoms with van der Waals surface area (Å²) in [6.07, 6.45) is 7.22. The number of carbonyl (C=O) groups excluding carboxylic acids is 1. The first-order chi connectivity index (χ1) is 16.4. The number of halogens is 2. The van der Waals surface area contributed by atoms with E-state index in [2.05, 4.69) is 32.4 Å². The van der Waals surface area contributed by atoms with E-state index < -0.39 is 5.82 Å². The lowest BCUT2D eigenvalue weighted by Gasteiger charge is -2.29. The number of nitrogens with zero attached hydrogens (tertiary/aromatic N) is 3. The lowest BCUT2D eigenvalue weighted by molar-refractivity contribution is -0.111. The standard InChI is InChI=1S/C25H27ClFN5O2/c1-16-7-10-32(11-8-16)9-3-4-24(33)31-22-13-18-21(14-23(22)34-2)28-15-29-25(18)30-17-5-6-20(27)19(26)12-17/h3-6,12-16H,7-11H2,1-2H3,(H,31,33)(H,28,29,30)/b4-3+. The zero-order valence-corrected chi connectivity index (χ0v) is 19.9. The molecule has 7 nitrogen and oxygen atoms in total. The molecule has 4 rings (SSSR count). The van der Waals surface area contributed by atoms with Gasteiger partial charge in [-0.15, -0.1) is 0 Å². The largest absolute Gasteiger partial charge is 0.494 e. The molecule has 0 radical (unpaired) electrons. The Hall–Kier alpha value is -3.23. The van der Waals surface area contributed by atoms with Gasteiger partial charge in [-0.25, -0.2) is 14.4 Å². The number of ether oxygens (including phenoxy) is 1. The Morgan fingerprint density at radius 3 is 2.79 bits per heavy atom. The van der Waals surface area contributed by atoms with Crippen molar-refractivity contribution in [2.75, 3.05) is 37.4 Å². The lowest BCUT2D eigenvalue weighted by Crippen LogP contribution is -2.33. The van der Waals surface area contributed by atoms with Gasteiger partial charge in [-0.1, -0.05) is 24.6 Å². The molecule has 9 heteroatoms. The third kappa shape index (κ3) is 5.81. The van der Waals surface area contributed by atoms with Crippen LogP contribution in [-0.4, -0.2) is 47.5 Å². The lowest BCUT2D eigenvalue weighted by atomic mass is 9.99. The first kappa shape index (κ1) is 23.9. The molecular formula is C25H27ClFN5O2. The Labute approximate surface area is 203 Å². The zero-order valence-electron chi connectivity index (χ0n) is 19.1. The van der Waals surface area contributed by atoms with Crippen molar-refractivity contribution in [3.63, 3.8) is 0 Å². The van der Waals surface area contributed by atoms with Crippen molar-refractivity contribution in [2.45, 2.75) is 19.8 Å². The third-order valence-corrected chi connectivity index (χ3v) is 6.20. The fourth-order valence-corrected chi connectivity index (χ4v) is 4.07. The number of benzene rings is 2. The molecule has 0 unspecified atom stereocenters. The Morgan fingerprint density at radius 1 is 1.26 bits per heavy atom. The molecule has 0 aliphatic carbocycles. The highest BCUT2D eigenvalue weighted by molar-refractivity contribution is 6.31. The van der Waals surface area contributed by atoms with Crippen molar-refractivity contribution in [2.24, 2.45) is 5.92 Å². The fourth-order valence-electron chi connectivity index (χ4n) is 3.89. The van der Waals surface area contributed by atoms with Crippen LogP contribution in [0.15, 0.2) is 48.8 Å². The second-order valence-corrected chi connectivity index (χ2v) is 8.83. The highest BCUT2D eigenvalue weighted by atomic mass is 35.5. The first-order valence-corrected chi connectivity index (χ1v) is 11.6. The molecule has 1 aliphatic heterocycles. The van der Waals surface area contributed by atoms with Crippen LogP contribution >= 0.6 is 11.6 Å². The van der Waals surface area contributed by atoms with Gasteiger partial charge in [-0.3, -0.25) is 9.69 Å². The second kappa shape index (κ2) is 10.8. The van der Waals surface area contributed by atoms with Crippen LogP contribution in [0.4, 0.5) is 21.6 Å². The molecule has 1 amide bonds. The van der Waals surface area contributed by atoms with Gasteiger partial charge < -0.3 is 15.4 Å². The maximum atomic E-state index is 13.5. The molecule has 2 aromatic carbocycles. The smallest absolute Gasteiger partial charge is 0.248 e. The van der Waals surface area contributed by atoms with Crippen molar-refractivity contribution < 1.29 is 13.9 Å². The molecule has 178 valence electrons. The van der Waals surface area contributed by atoms with Crippen molar-refractivity contribution >= 4 is 45.6 Å². The number of fused-ring (bicyclic) bond motifs is 1. The van der Waals surface area contributed by atoms with Crippen LogP contribution in [0.5, 0.6) is 5.75 Å². The number of hydrogen-bond donors (Lipinski definition) is 2. The number of rotatable bonds is 7. The van der Waals surface area contributed by atoms with Gasteiger partial charge in [-0.2, -0.15) is 0 Å². The first-order valence-electron chi connectivity index (χ1n) is 11.2. The van der Waals surface area contributed by atoms with E-state index in [4.69, 9.17) is 16.3 Å². The predicted octanol–water partition coefficient (Wildman–Crippen LogP) is 5.40. The number of amides is 1. The number of methoxy groups -OCH3 is 1. The van der Waals surface area contributed by atoms with Gasteiger partial charge in [0.2, 0.25) is 5.91 Å². The summed E-state index contributed by atoms with van der Waals surface area (Å²) in [5, 5.41) is 6.68. The molecule has 0 bridgehead atoms. The minimum atomic E-state index is -0.502. The molecular weight excluding hydrogens is 457 g/mol. The molecule has 34 heavy (non-hydrogen) atoms. The highest BCUT2D eigenvalue weighted by Crippen LogP contribution is 2.33. The molecule has 1 aromatic heterocycles. The number of carbonyl (C=O) groups is 1. The maximum absolute atomic E-state index is 13.5. The van der Waals surface area contributed by atoms with E-state index in [9.17, 15) is 9.18 Å². The monoisotopic (exact) mass is 483 g/mol. The van der Waals surface area contributed by atoms with Gasteiger partial charge in [0.25, 0.3) is 0 Å². The van der Waals surface area contributed by atoms with E-state index in [1.54, 1.807) is 24.3 Å². The average Bonchev–Trinajstić information content (AvgIpc) is 2.82. The third-order valence-electron chi connectivity index (χ3n) is 5.91. The van der Waals surface area contributed by atoms with E-state index >= 15 is 0 Å². The minimum absolute atomic E-state index is 0.00355. The van der Waals surface area contributed by atoms with E-state index in [1.807, 2.05) is 6.08 Å². The van der Waals surface area contributed by atoms with Crippen LogP contribution in [0, 0.1) is 11.7 Å². The van der Waals surface area contributed by atoms with Gasteiger partial charge in [0.1, 0.15) is 23.7 Å². The molecule has 0 spiro atoms. The normalized spacial score (nSPS) is 15.1. The van der Waals surface area contributed by atoms with Gasteiger partial charge in [0.05, 0.1) is 23.3 Å². The van der Waals surface area contributed by atoms with Crippen LogP contribution in [0.2, 0.25) is 5.02 Å². The number of piperidine rings is 1. The Bertz CT molecular complexity index is 1210. The van der Waals surface area contributed by atoms with E-state index in [0.717, 1.165) is 25.6 Å². The summed E-state index contributed by atoms with van der Waals surface area (Å²) in [7, 11) is 1.53. The quantitative estimate of drug-likeness (QED) is 0.438. The second-order valence-electron chi connectivity index (χ2n) is 8.42. The number of nitrogens with one attached hydrogen (secondary N) is 2.